The topological polar surface area (TPSA) is 60.2 Å². The molecule has 0 fully saturated rings. The highest BCUT2D eigenvalue weighted by Crippen LogP contribution is 2.33. The largest absolute Gasteiger partial charge is 1.00 e. The third kappa shape index (κ3) is 5.07. The summed E-state index contributed by atoms with van der Waals surface area (Å²) in [5.41, 5.74) is 5.42. The van der Waals surface area contributed by atoms with Crippen LogP contribution in [0.2, 0.25) is 0 Å². The summed E-state index contributed by atoms with van der Waals surface area (Å²) < 4.78 is 0.653. The Morgan fingerprint density at radius 2 is 1.67 bits per heavy atom. The summed E-state index contributed by atoms with van der Waals surface area (Å²) in [7, 11) is 6.29. The molecule has 0 bridgehead atoms. The summed E-state index contributed by atoms with van der Waals surface area (Å²) >= 11 is 0. The fraction of sp³-hybridized carbons (Fsp3) is 0.300. The summed E-state index contributed by atoms with van der Waals surface area (Å²) in [5, 5.41) is 21.1. The molecule has 2 aromatic carbocycles. The smallest absolute Gasteiger partial charge is 0.160 e. The average Bonchev–Trinajstić information content (AvgIpc) is 2.59. The number of nitrogens with one attached hydrogen (secondary N) is 1. The van der Waals surface area contributed by atoms with E-state index in [1.54, 1.807) is 11.2 Å². The van der Waals surface area contributed by atoms with Crippen LogP contribution in [0.5, 0.6) is 0 Å². The normalized spacial score (nSPS) is 20.3. The molecule has 27 heavy (non-hydrogen) atoms. The van der Waals surface area contributed by atoms with Crippen molar-refractivity contribution in [2.75, 3.05) is 26.2 Å². The van der Waals surface area contributed by atoms with Crippen molar-refractivity contribution in [1.29, 1.82) is 0 Å². The fourth-order valence-corrected chi connectivity index (χ4v) is 2.94. The van der Waals surface area contributed by atoms with Crippen LogP contribution in [0, 0.1) is 0 Å². The van der Waals surface area contributed by atoms with Gasteiger partial charge in [-0.2, -0.15) is 5.11 Å². The number of aliphatic hydroxyl groups is 1. The number of para-hydroxylation sites is 2. The van der Waals surface area contributed by atoms with Gasteiger partial charge in [0.25, 0.3) is 0 Å². The van der Waals surface area contributed by atoms with Gasteiger partial charge in [-0.05, 0) is 25.1 Å². The maximum absolute atomic E-state index is 10.2. The summed E-state index contributed by atoms with van der Waals surface area (Å²) in [6.45, 7) is 1.92. The molecule has 0 aromatic heterocycles. The maximum atomic E-state index is 10.2. The Labute approximate surface area is 166 Å². The molecule has 3 rings (SSSR count). The first-order valence-corrected chi connectivity index (χ1v) is 8.63. The number of aliphatic hydroxyl groups excluding tert-OH is 1. The minimum atomic E-state index is -0.743. The Kier molecular flexibility index (Phi) is 6.26. The van der Waals surface area contributed by atoms with E-state index in [9.17, 15) is 5.11 Å². The highest BCUT2D eigenvalue weighted by atomic mass is 35.5. The van der Waals surface area contributed by atoms with Gasteiger partial charge in [-0.3, -0.25) is 9.49 Å². The van der Waals surface area contributed by atoms with E-state index in [1.165, 1.54) is 0 Å². The maximum Gasteiger partial charge on any atom is 0.160 e. The number of hydrogen-bond acceptors (Lipinski definition) is 5. The Bertz CT molecular complexity index is 832. The molecule has 1 aliphatic heterocycles. The molecule has 0 amide bonds. The lowest BCUT2D eigenvalue weighted by Crippen LogP contribution is -3.00. The monoisotopic (exact) mass is 387 g/mol. The zero-order valence-corrected chi connectivity index (χ0v) is 16.9. The molecular weight excluding hydrogens is 362 g/mol. The molecule has 0 radical (unpaired) electrons. The van der Waals surface area contributed by atoms with E-state index in [2.05, 4.69) is 42.9 Å². The van der Waals surface area contributed by atoms with E-state index in [0.717, 1.165) is 17.1 Å². The molecule has 1 aliphatic rings. The van der Waals surface area contributed by atoms with Gasteiger partial charge in [0.2, 0.25) is 0 Å². The number of halogens is 1. The van der Waals surface area contributed by atoms with Gasteiger partial charge in [-0.25, -0.2) is 5.43 Å². The molecule has 2 aromatic rings. The number of quaternary nitrogens is 1. The van der Waals surface area contributed by atoms with E-state index >= 15 is 0 Å². The third-order valence-corrected chi connectivity index (χ3v) is 4.18. The Hall–Kier alpha value is -2.41. The number of rotatable bonds is 4. The first kappa shape index (κ1) is 20.9. The van der Waals surface area contributed by atoms with Crippen molar-refractivity contribution in [3.63, 3.8) is 0 Å². The summed E-state index contributed by atoms with van der Waals surface area (Å²) in [6, 6.07) is 17.8. The highest BCUT2D eigenvalue weighted by molar-refractivity contribution is 5.63. The van der Waals surface area contributed by atoms with Crippen molar-refractivity contribution in [1.82, 2.24) is 9.91 Å². The van der Waals surface area contributed by atoms with Crippen LogP contribution in [0.25, 0.3) is 0 Å². The van der Waals surface area contributed by atoms with Gasteiger partial charge in [-0.1, -0.05) is 30.3 Å². The molecule has 2 N–H and O–H groups in total. The van der Waals surface area contributed by atoms with Crippen LogP contribution in [0.1, 0.15) is 13.3 Å². The molecule has 1 unspecified atom stereocenters. The molecule has 0 aliphatic carbocycles. The van der Waals surface area contributed by atoms with Crippen LogP contribution in [0.4, 0.5) is 17.1 Å². The average molecular weight is 388 g/mol. The SMILES string of the molecule is CC1(N=Nc2ccccc2[N+](C)(C)C)CC(O)=CN(c2ccccc2)N1.[Cl-]. The first-order chi connectivity index (χ1) is 12.3. The van der Waals surface area contributed by atoms with Crippen molar-refractivity contribution >= 4 is 17.1 Å². The van der Waals surface area contributed by atoms with Crippen molar-refractivity contribution in [2.24, 2.45) is 10.2 Å². The fourth-order valence-electron chi connectivity index (χ4n) is 2.94. The second kappa shape index (κ2) is 8.08. The zero-order valence-electron chi connectivity index (χ0n) is 16.1. The van der Waals surface area contributed by atoms with Crippen LogP contribution in [0.15, 0.2) is 76.8 Å². The van der Waals surface area contributed by atoms with Gasteiger partial charge in [0, 0.05) is 12.5 Å². The van der Waals surface area contributed by atoms with Crippen molar-refractivity contribution in [3.8, 4) is 0 Å². The lowest BCUT2D eigenvalue weighted by Gasteiger charge is -2.36. The van der Waals surface area contributed by atoms with Crippen molar-refractivity contribution in [2.45, 2.75) is 19.0 Å². The van der Waals surface area contributed by atoms with E-state index in [0.29, 0.717) is 10.9 Å². The van der Waals surface area contributed by atoms with Gasteiger partial charge in [0.05, 0.1) is 33.0 Å². The molecule has 0 saturated carbocycles. The quantitative estimate of drug-likeness (QED) is 0.617. The van der Waals surface area contributed by atoms with E-state index in [4.69, 9.17) is 0 Å². The van der Waals surface area contributed by atoms with Crippen LogP contribution < -0.4 is 27.3 Å². The number of benzene rings is 2. The van der Waals surface area contributed by atoms with Gasteiger partial charge in [-0.15, -0.1) is 5.11 Å². The number of hydrazine groups is 1. The molecule has 0 spiro atoms. The number of azo groups is 1. The predicted molar refractivity (Wildman–Crippen MR) is 106 cm³/mol. The Balaban J connectivity index is 0.00000261. The van der Waals surface area contributed by atoms with Gasteiger partial charge >= 0.3 is 0 Å². The van der Waals surface area contributed by atoms with Crippen LogP contribution in [0.3, 0.4) is 0 Å². The molecule has 6 nitrogen and oxygen atoms in total. The lowest BCUT2D eigenvalue weighted by molar-refractivity contribution is -0.00000792. The molecule has 1 heterocycles. The van der Waals surface area contributed by atoms with E-state index < -0.39 is 5.66 Å². The summed E-state index contributed by atoms with van der Waals surface area (Å²) in [4.78, 5) is 0. The van der Waals surface area contributed by atoms with Crippen LogP contribution >= 0.6 is 0 Å². The minimum Gasteiger partial charge on any atom is -1.00 e. The zero-order chi connectivity index (χ0) is 18.8. The summed E-state index contributed by atoms with van der Waals surface area (Å²) in [6.07, 6.45) is 2.04. The standard InChI is InChI=1S/C20H25N5O.ClH/c1-20(22-21-18-12-8-9-13-19(18)25(2,3)4)14-17(26)15-24(23-20)16-10-6-5-7-11-16;/h5-13,15,23H,14H2,1-4H3;1H. The number of nitrogens with zero attached hydrogens (tertiary/aromatic N) is 4. The molecule has 0 saturated heterocycles. The summed E-state index contributed by atoms with van der Waals surface area (Å²) in [5.74, 6) is 0.258. The number of anilines is 1. The predicted octanol–water partition coefficient (Wildman–Crippen LogP) is 1.50. The molecular formula is C20H26ClN5O. The van der Waals surface area contributed by atoms with E-state index in [1.807, 2.05) is 55.5 Å². The second-order valence-corrected chi connectivity index (χ2v) is 7.59. The Morgan fingerprint density at radius 1 is 1.04 bits per heavy atom. The molecule has 144 valence electrons. The van der Waals surface area contributed by atoms with Gasteiger partial charge in [0.15, 0.2) is 11.4 Å². The van der Waals surface area contributed by atoms with Crippen molar-refractivity contribution in [3.05, 3.63) is 66.6 Å². The van der Waals surface area contributed by atoms with Crippen molar-refractivity contribution < 1.29 is 17.5 Å². The second-order valence-electron chi connectivity index (χ2n) is 7.59. The van der Waals surface area contributed by atoms with Crippen LogP contribution in [-0.2, 0) is 0 Å². The van der Waals surface area contributed by atoms with Gasteiger partial charge < -0.3 is 17.5 Å². The van der Waals surface area contributed by atoms with Crippen LogP contribution in [-0.4, -0.2) is 31.9 Å². The van der Waals surface area contributed by atoms with Gasteiger partial charge in [0.1, 0.15) is 11.4 Å². The molecule has 7 heteroatoms. The lowest BCUT2D eigenvalue weighted by atomic mass is 10.1. The Morgan fingerprint density at radius 3 is 2.33 bits per heavy atom. The highest BCUT2D eigenvalue weighted by Gasteiger charge is 2.32. The first-order valence-electron chi connectivity index (χ1n) is 8.63. The minimum absolute atomic E-state index is 0. The third-order valence-electron chi connectivity index (χ3n) is 4.18. The van der Waals surface area contributed by atoms with E-state index in [-0.39, 0.29) is 18.2 Å². The number of hydrogen-bond donors (Lipinski definition) is 2. The molecule has 1 atom stereocenters.